The van der Waals surface area contributed by atoms with Crippen LogP contribution in [0.2, 0.25) is 0 Å². The molecule has 96 valence electrons. The van der Waals surface area contributed by atoms with E-state index in [0.717, 1.165) is 0 Å². The zero-order chi connectivity index (χ0) is 13.0. The number of hydrogen-bond donors (Lipinski definition) is 1. The molecular formula is C9H10ClN5O2S. The van der Waals surface area contributed by atoms with Crippen LogP contribution in [-0.2, 0) is 10.0 Å². The van der Waals surface area contributed by atoms with E-state index in [9.17, 15) is 8.42 Å². The summed E-state index contributed by atoms with van der Waals surface area (Å²) in [5.74, 6) is -0.0916. The van der Waals surface area contributed by atoms with Crippen LogP contribution in [0.1, 0.15) is 0 Å². The lowest BCUT2D eigenvalue weighted by molar-refractivity contribution is 0.602. The van der Waals surface area contributed by atoms with Gasteiger partial charge in [-0.05, 0) is 28.6 Å². The summed E-state index contributed by atoms with van der Waals surface area (Å²) in [4.78, 5) is 0. The fourth-order valence-electron chi connectivity index (χ4n) is 1.32. The van der Waals surface area contributed by atoms with Gasteiger partial charge in [-0.1, -0.05) is 6.07 Å². The molecule has 0 aliphatic carbocycles. The lowest BCUT2D eigenvalue weighted by Gasteiger charge is -2.07. The fraction of sp³-hybridized carbons (Fsp3) is 0.222. The lowest BCUT2D eigenvalue weighted by atomic mass is 10.3. The molecule has 2 rings (SSSR count). The summed E-state index contributed by atoms with van der Waals surface area (Å²) in [5, 5.41) is 10.7. The molecule has 9 heteroatoms. The minimum Gasteiger partial charge on any atom is -0.283 e. The zero-order valence-corrected chi connectivity index (χ0v) is 10.8. The normalized spacial score (nSPS) is 11.4. The first-order chi connectivity index (χ1) is 8.61. The van der Waals surface area contributed by atoms with E-state index in [0.29, 0.717) is 11.4 Å². The van der Waals surface area contributed by atoms with E-state index >= 15 is 0 Å². The number of alkyl halides is 1. The number of aromatic nitrogens is 4. The SMILES string of the molecule is O=S(=O)(CCCl)Nc1cccc(-n2cnnn2)c1. The largest absolute Gasteiger partial charge is 0.283 e. The molecule has 0 amide bonds. The molecule has 7 nitrogen and oxygen atoms in total. The predicted molar refractivity (Wildman–Crippen MR) is 67.3 cm³/mol. The summed E-state index contributed by atoms with van der Waals surface area (Å²) in [6.45, 7) is 0. The number of halogens is 1. The Balaban J connectivity index is 2.23. The van der Waals surface area contributed by atoms with Gasteiger partial charge in [0, 0.05) is 5.88 Å². The number of anilines is 1. The zero-order valence-electron chi connectivity index (χ0n) is 9.19. The monoisotopic (exact) mass is 287 g/mol. The summed E-state index contributed by atoms with van der Waals surface area (Å²) in [7, 11) is -3.41. The van der Waals surface area contributed by atoms with E-state index in [4.69, 9.17) is 11.6 Å². The highest BCUT2D eigenvalue weighted by Gasteiger charge is 2.09. The fourth-order valence-corrected chi connectivity index (χ4v) is 2.72. The van der Waals surface area contributed by atoms with Gasteiger partial charge >= 0.3 is 0 Å². The predicted octanol–water partition coefficient (Wildman–Crippen LogP) is 0.643. The maximum absolute atomic E-state index is 11.6. The molecule has 1 N–H and O–H groups in total. The number of benzene rings is 1. The first-order valence-corrected chi connectivity index (χ1v) is 7.19. The highest BCUT2D eigenvalue weighted by atomic mass is 35.5. The van der Waals surface area contributed by atoms with Crippen LogP contribution < -0.4 is 4.72 Å². The Kier molecular flexibility index (Phi) is 3.78. The molecule has 0 unspecified atom stereocenters. The Morgan fingerprint density at radius 1 is 1.39 bits per heavy atom. The van der Waals surface area contributed by atoms with Gasteiger partial charge in [0.1, 0.15) is 6.33 Å². The van der Waals surface area contributed by atoms with Gasteiger partial charge in [-0.25, -0.2) is 13.1 Å². The minimum atomic E-state index is -3.41. The van der Waals surface area contributed by atoms with E-state index in [-0.39, 0.29) is 11.6 Å². The van der Waals surface area contributed by atoms with Crippen molar-refractivity contribution in [3.05, 3.63) is 30.6 Å². The molecule has 0 saturated carbocycles. The van der Waals surface area contributed by atoms with Crippen molar-refractivity contribution in [2.75, 3.05) is 16.4 Å². The summed E-state index contributed by atoms with van der Waals surface area (Å²) >= 11 is 5.41. The van der Waals surface area contributed by atoms with Crippen LogP contribution in [0.4, 0.5) is 5.69 Å². The number of sulfonamides is 1. The molecule has 0 aliphatic rings. The van der Waals surface area contributed by atoms with Crippen molar-refractivity contribution in [3.8, 4) is 5.69 Å². The standard InChI is InChI=1S/C9H10ClN5O2S/c10-4-5-18(16,17)12-8-2-1-3-9(6-8)15-7-11-13-14-15/h1-3,6-7,12H,4-5H2. The Morgan fingerprint density at radius 2 is 2.22 bits per heavy atom. The van der Waals surface area contributed by atoms with Gasteiger partial charge in [0.15, 0.2) is 0 Å². The molecule has 0 atom stereocenters. The van der Waals surface area contributed by atoms with Crippen molar-refractivity contribution < 1.29 is 8.42 Å². The number of hydrogen-bond acceptors (Lipinski definition) is 5. The molecule has 0 spiro atoms. The summed E-state index contributed by atoms with van der Waals surface area (Å²) in [5.41, 5.74) is 1.10. The van der Waals surface area contributed by atoms with E-state index < -0.39 is 10.0 Å². The molecule has 0 fully saturated rings. The van der Waals surface area contributed by atoms with Crippen molar-refractivity contribution in [3.63, 3.8) is 0 Å². The van der Waals surface area contributed by atoms with Crippen molar-refractivity contribution in [1.82, 2.24) is 20.2 Å². The Bertz CT molecular complexity index is 614. The molecule has 1 heterocycles. The van der Waals surface area contributed by atoms with Gasteiger partial charge in [0.25, 0.3) is 0 Å². The van der Waals surface area contributed by atoms with Gasteiger partial charge in [0.05, 0.1) is 17.1 Å². The number of rotatable bonds is 5. The van der Waals surface area contributed by atoms with E-state index in [1.165, 1.54) is 11.0 Å². The molecule has 0 aliphatic heterocycles. The maximum Gasteiger partial charge on any atom is 0.233 e. The summed E-state index contributed by atoms with van der Waals surface area (Å²) in [6.07, 6.45) is 1.42. The quantitative estimate of drug-likeness (QED) is 0.815. The summed E-state index contributed by atoms with van der Waals surface area (Å²) in [6, 6.07) is 6.73. The lowest BCUT2D eigenvalue weighted by Crippen LogP contribution is -2.17. The van der Waals surface area contributed by atoms with Gasteiger partial charge in [-0.2, -0.15) is 0 Å². The Hall–Kier alpha value is -1.67. The Labute approximate surface area is 109 Å². The molecule has 0 bridgehead atoms. The van der Waals surface area contributed by atoms with Crippen LogP contribution in [0.3, 0.4) is 0 Å². The smallest absolute Gasteiger partial charge is 0.233 e. The highest BCUT2D eigenvalue weighted by molar-refractivity contribution is 7.92. The number of nitrogens with one attached hydrogen (secondary N) is 1. The number of tetrazole rings is 1. The summed E-state index contributed by atoms with van der Waals surface area (Å²) < 4.78 is 27.0. The third kappa shape index (κ3) is 3.17. The van der Waals surface area contributed by atoms with Crippen LogP contribution in [0, 0.1) is 0 Å². The van der Waals surface area contributed by atoms with Crippen LogP contribution >= 0.6 is 11.6 Å². The van der Waals surface area contributed by atoms with Crippen molar-refractivity contribution >= 4 is 27.3 Å². The second kappa shape index (κ2) is 5.32. The van der Waals surface area contributed by atoms with E-state index in [1.54, 1.807) is 24.3 Å². The molecule has 0 saturated heterocycles. The van der Waals surface area contributed by atoms with Crippen molar-refractivity contribution in [2.24, 2.45) is 0 Å². The van der Waals surface area contributed by atoms with Gasteiger partial charge in [0.2, 0.25) is 10.0 Å². The molecule has 1 aromatic heterocycles. The third-order valence-corrected chi connectivity index (χ3v) is 3.78. The van der Waals surface area contributed by atoms with Crippen LogP contribution in [0.5, 0.6) is 0 Å². The maximum atomic E-state index is 11.6. The first-order valence-electron chi connectivity index (χ1n) is 5.00. The van der Waals surface area contributed by atoms with Crippen molar-refractivity contribution in [2.45, 2.75) is 0 Å². The van der Waals surface area contributed by atoms with E-state index in [2.05, 4.69) is 20.2 Å². The number of nitrogens with zero attached hydrogens (tertiary/aromatic N) is 4. The highest BCUT2D eigenvalue weighted by Crippen LogP contribution is 2.14. The van der Waals surface area contributed by atoms with E-state index in [1.807, 2.05) is 0 Å². The molecule has 1 aromatic carbocycles. The Morgan fingerprint density at radius 3 is 2.89 bits per heavy atom. The molecular weight excluding hydrogens is 278 g/mol. The topological polar surface area (TPSA) is 89.8 Å². The first kappa shape index (κ1) is 12.8. The minimum absolute atomic E-state index is 0.0437. The van der Waals surface area contributed by atoms with Crippen molar-refractivity contribution in [1.29, 1.82) is 0 Å². The van der Waals surface area contributed by atoms with Gasteiger partial charge in [-0.3, -0.25) is 4.72 Å². The molecule has 18 heavy (non-hydrogen) atoms. The van der Waals surface area contributed by atoms with Crippen LogP contribution in [0.15, 0.2) is 30.6 Å². The average Bonchev–Trinajstić information content (AvgIpc) is 2.81. The molecule has 0 radical (unpaired) electrons. The third-order valence-electron chi connectivity index (χ3n) is 2.08. The molecule has 2 aromatic rings. The second-order valence-corrected chi connectivity index (χ2v) is 5.63. The van der Waals surface area contributed by atoms with Crippen LogP contribution in [0.25, 0.3) is 5.69 Å². The second-order valence-electron chi connectivity index (χ2n) is 3.41. The van der Waals surface area contributed by atoms with Gasteiger partial charge in [-0.15, -0.1) is 16.7 Å². The van der Waals surface area contributed by atoms with Gasteiger partial charge < -0.3 is 0 Å². The average molecular weight is 288 g/mol. The van der Waals surface area contributed by atoms with Crippen LogP contribution in [-0.4, -0.2) is 40.3 Å².